The Morgan fingerprint density at radius 3 is 2.70 bits per heavy atom. The lowest BCUT2D eigenvalue weighted by molar-refractivity contribution is 0.236. The summed E-state index contributed by atoms with van der Waals surface area (Å²) in [6.07, 6.45) is 0.986. The molecule has 2 aromatic carbocycles. The minimum atomic E-state index is -0.561. The summed E-state index contributed by atoms with van der Waals surface area (Å²) < 4.78 is 27.7. The summed E-state index contributed by atoms with van der Waals surface area (Å²) in [4.78, 5) is 2.22. The summed E-state index contributed by atoms with van der Waals surface area (Å²) in [5.41, 5.74) is 1.40. The lowest BCUT2D eigenvalue weighted by Gasteiger charge is -2.31. The van der Waals surface area contributed by atoms with Gasteiger partial charge in [0.05, 0.1) is 6.04 Å². The molecule has 1 fully saturated rings. The molecule has 0 spiro atoms. The van der Waals surface area contributed by atoms with Gasteiger partial charge in [-0.2, -0.15) is 0 Å². The van der Waals surface area contributed by atoms with Crippen LogP contribution in [0, 0.1) is 11.6 Å². The van der Waals surface area contributed by atoms with E-state index in [9.17, 15) is 8.78 Å². The Kier molecular flexibility index (Phi) is 5.26. The fourth-order valence-electron chi connectivity index (χ4n) is 3.11. The molecule has 0 aliphatic carbocycles. The van der Waals surface area contributed by atoms with Gasteiger partial charge in [0.1, 0.15) is 11.6 Å². The van der Waals surface area contributed by atoms with Crippen molar-refractivity contribution in [2.24, 2.45) is 0 Å². The molecule has 0 saturated carbocycles. The molecule has 1 heterocycles. The molecule has 1 N–H and O–H groups in total. The van der Waals surface area contributed by atoms with Gasteiger partial charge < -0.3 is 5.32 Å². The highest BCUT2D eigenvalue weighted by Crippen LogP contribution is 2.32. The first-order valence-electron chi connectivity index (χ1n) is 7.80. The third kappa shape index (κ3) is 3.89. The Morgan fingerprint density at radius 1 is 1.04 bits per heavy atom. The van der Waals surface area contributed by atoms with Gasteiger partial charge in [-0.1, -0.05) is 29.8 Å². The normalized spacial score (nSPS) is 17.7. The highest BCUT2D eigenvalue weighted by atomic mass is 35.5. The number of nitrogens with zero attached hydrogens (tertiary/aromatic N) is 1. The van der Waals surface area contributed by atoms with Crippen LogP contribution in [0.5, 0.6) is 0 Å². The van der Waals surface area contributed by atoms with Crippen molar-refractivity contribution in [1.29, 1.82) is 0 Å². The lowest BCUT2D eigenvalue weighted by atomic mass is 9.96. The minimum absolute atomic E-state index is 0.269. The molecule has 122 valence electrons. The van der Waals surface area contributed by atoms with Gasteiger partial charge in [-0.3, -0.25) is 4.90 Å². The van der Waals surface area contributed by atoms with Gasteiger partial charge in [-0.25, -0.2) is 8.78 Å². The molecule has 3 rings (SSSR count). The van der Waals surface area contributed by atoms with Crippen molar-refractivity contribution in [3.63, 3.8) is 0 Å². The highest BCUT2D eigenvalue weighted by Gasteiger charge is 2.26. The minimum Gasteiger partial charge on any atom is -0.315 e. The van der Waals surface area contributed by atoms with Crippen LogP contribution in [0.25, 0.3) is 0 Å². The smallest absolute Gasteiger partial charge is 0.131 e. The predicted molar refractivity (Wildman–Crippen MR) is 88.7 cm³/mol. The summed E-state index contributed by atoms with van der Waals surface area (Å²) in [6.45, 7) is 3.44. The van der Waals surface area contributed by atoms with Crippen molar-refractivity contribution in [1.82, 2.24) is 10.2 Å². The van der Waals surface area contributed by atoms with E-state index in [0.29, 0.717) is 10.6 Å². The van der Waals surface area contributed by atoms with Crippen LogP contribution in [0.3, 0.4) is 0 Å². The van der Waals surface area contributed by atoms with Gasteiger partial charge >= 0.3 is 0 Å². The first kappa shape index (κ1) is 16.4. The standard InChI is InChI=1S/C18H19ClF2N2/c19-14-4-1-3-13(11-14)18(23-9-2-7-22-8-10-23)16-6-5-15(20)12-17(16)21/h1,3-6,11-12,18,22H,2,7-10H2. The maximum atomic E-state index is 14.4. The lowest BCUT2D eigenvalue weighted by Crippen LogP contribution is -2.33. The molecule has 0 radical (unpaired) electrons. The van der Waals surface area contributed by atoms with E-state index in [2.05, 4.69) is 10.2 Å². The Morgan fingerprint density at radius 2 is 1.91 bits per heavy atom. The second-order valence-electron chi connectivity index (χ2n) is 5.76. The molecular weight excluding hydrogens is 318 g/mol. The molecule has 1 aliphatic heterocycles. The van der Waals surface area contributed by atoms with Crippen molar-refractivity contribution in [2.75, 3.05) is 26.2 Å². The fourth-order valence-corrected chi connectivity index (χ4v) is 3.31. The third-order valence-electron chi connectivity index (χ3n) is 4.16. The van der Waals surface area contributed by atoms with Crippen LogP contribution in [0.1, 0.15) is 23.6 Å². The molecule has 2 aromatic rings. The summed E-state index contributed by atoms with van der Waals surface area (Å²) in [5, 5.41) is 3.96. The Labute approximate surface area is 140 Å². The van der Waals surface area contributed by atoms with Crippen molar-refractivity contribution >= 4 is 11.6 Å². The molecule has 1 atom stereocenters. The molecular formula is C18H19ClF2N2. The van der Waals surface area contributed by atoms with Gasteiger partial charge in [0, 0.05) is 36.3 Å². The van der Waals surface area contributed by atoms with Crippen LogP contribution in [-0.2, 0) is 0 Å². The fraction of sp³-hybridized carbons (Fsp3) is 0.333. The molecule has 1 saturated heterocycles. The Balaban J connectivity index is 2.05. The quantitative estimate of drug-likeness (QED) is 0.911. The second-order valence-corrected chi connectivity index (χ2v) is 6.20. The number of benzene rings is 2. The number of nitrogens with one attached hydrogen (secondary N) is 1. The first-order chi connectivity index (χ1) is 11.1. The molecule has 1 aliphatic rings. The monoisotopic (exact) mass is 336 g/mol. The topological polar surface area (TPSA) is 15.3 Å². The van der Waals surface area contributed by atoms with Crippen LogP contribution in [0.4, 0.5) is 8.78 Å². The van der Waals surface area contributed by atoms with E-state index in [4.69, 9.17) is 11.6 Å². The Hall–Kier alpha value is -1.49. The zero-order valence-electron chi connectivity index (χ0n) is 12.7. The van der Waals surface area contributed by atoms with E-state index in [1.54, 1.807) is 6.07 Å². The van der Waals surface area contributed by atoms with Crippen LogP contribution >= 0.6 is 11.6 Å². The van der Waals surface area contributed by atoms with E-state index in [-0.39, 0.29) is 6.04 Å². The molecule has 1 unspecified atom stereocenters. The van der Waals surface area contributed by atoms with E-state index in [1.807, 2.05) is 18.2 Å². The van der Waals surface area contributed by atoms with Gasteiger partial charge in [-0.15, -0.1) is 0 Å². The molecule has 2 nitrogen and oxygen atoms in total. The van der Waals surface area contributed by atoms with Gasteiger partial charge in [0.15, 0.2) is 0 Å². The second kappa shape index (κ2) is 7.39. The van der Waals surface area contributed by atoms with Crippen molar-refractivity contribution in [3.8, 4) is 0 Å². The third-order valence-corrected chi connectivity index (χ3v) is 4.40. The molecule has 0 aromatic heterocycles. The maximum Gasteiger partial charge on any atom is 0.131 e. The molecule has 23 heavy (non-hydrogen) atoms. The van der Waals surface area contributed by atoms with Crippen LogP contribution in [0.15, 0.2) is 42.5 Å². The molecule has 0 amide bonds. The maximum absolute atomic E-state index is 14.4. The highest BCUT2D eigenvalue weighted by molar-refractivity contribution is 6.30. The summed E-state index contributed by atoms with van der Waals surface area (Å²) in [7, 11) is 0. The van der Waals surface area contributed by atoms with Crippen molar-refractivity contribution in [3.05, 3.63) is 70.2 Å². The van der Waals surface area contributed by atoms with E-state index < -0.39 is 11.6 Å². The van der Waals surface area contributed by atoms with E-state index in [1.165, 1.54) is 12.1 Å². The van der Waals surface area contributed by atoms with Gasteiger partial charge in [-0.05, 0) is 36.7 Å². The number of rotatable bonds is 3. The van der Waals surface area contributed by atoms with Crippen LogP contribution in [0.2, 0.25) is 5.02 Å². The zero-order chi connectivity index (χ0) is 16.2. The van der Waals surface area contributed by atoms with E-state index in [0.717, 1.165) is 44.2 Å². The van der Waals surface area contributed by atoms with Gasteiger partial charge in [0.25, 0.3) is 0 Å². The molecule has 0 bridgehead atoms. The molecule has 5 heteroatoms. The first-order valence-corrected chi connectivity index (χ1v) is 8.18. The van der Waals surface area contributed by atoms with Gasteiger partial charge in [0.2, 0.25) is 0 Å². The van der Waals surface area contributed by atoms with Crippen LogP contribution < -0.4 is 5.32 Å². The number of hydrogen-bond donors (Lipinski definition) is 1. The number of hydrogen-bond acceptors (Lipinski definition) is 2. The summed E-state index contributed by atoms with van der Waals surface area (Å²) >= 11 is 6.13. The van der Waals surface area contributed by atoms with E-state index >= 15 is 0 Å². The average Bonchev–Trinajstić information content (AvgIpc) is 2.79. The van der Waals surface area contributed by atoms with Crippen molar-refractivity contribution < 1.29 is 8.78 Å². The predicted octanol–water partition coefficient (Wildman–Crippen LogP) is 4.00. The SMILES string of the molecule is Fc1ccc(C(c2cccc(Cl)c2)N2CCCNCC2)c(F)c1. The Bertz CT molecular complexity index is 670. The summed E-state index contributed by atoms with van der Waals surface area (Å²) in [5.74, 6) is -1.08. The summed E-state index contributed by atoms with van der Waals surface area (Å²) in [6, 6.07) is 11.0. The number of halogens is 3. The largest absolute Gasteiger partial charge is 0.315 e. The van der Waals surface area contributed by atoms with Crippen LogP contribution in [-0.4, -0.2) is 31.1 Å². The average molecular weight is 337 g/mol. The zero-order valence-corrected chi connectivity index (χ0v) is 13.5. The van der Waals surface area contributed by atoms with Crippen molar-refractivity contribution in [2.45, 2.75) is 12.5 Å².